The molecule has 5 heteroatoms. The van der Waals surface area contributed by atoms with E-state index in [0.29, 0.717) is 12.1 Å². The minimum atomic E-state index is -0.410. The molecule has 0 aliphatic rings. The lowest BCUT2D eigenvalue weighted by Crippen LogP contribution is -2.24. The molecule has 0 saturated carbocycles. The number of amides is 1. The van der Waals surface area contributed by atoms with Crippen molar-refractivity contribution >= 4 is 5.91 Å². The number of aryl methyl sites for hydroxylation is 1. The van der Waals surface area contributed by atoms with Gasteiger partial charge in [0.25, 0.3) is 5.91 Å². The highest BCUT2D eigenvalue weighted by Crippen LogP contribution is 2.04. The van der Waals surface area contributed by atoms with E-state index in [-0.39, 0.29) is 5.91 Å². The van der Waals surface area contributed by atoms with Crippen molar-refractivity contribution in [2.75, 3.05) is 6.54 Å². The SMILES string of the molecule is O=C(NCCCc1cnoc1)c1cccc(F)c1. The summed E-state index contributed by atoms with van der Waals surface area (Å²) in [4.78, 5) is 11.6. The standard InChI is InChI=1S/C13H13FN2O2/c14-12-5-1-4-11(7-12)13(17)15-6-2-3-10-8-16-18-9-10/h1,4-5,7-9H,2-3,6H2,(H,15,17). The summed E-state index contributed by atoms with van der Waals surface area (Å²) in [6.45, 7) is 0.528. The lowest BCUT2D eigenvalue weighted by molar-refractivity contribution is 0.0953. The molecule has 0 radical (unpaired) electrons. The van der Waals surface area contributed by atoms with Gasteiger partial charge in [0, 0.05) is 17.7 Å². The number of benzene rings is 1. The van der Waals surface area contributed by atoms with E-state index in [2.05, 4.69) is 10.5 Å². The highest BCUT2D eigenvalue weighted by Gasteiger charge is 2.05. The normalized spacial score (nSPS) is 10.3. The summed E-state index contributed by atoms with van der Waals surface area (Å²) in [5, 5.41) is 6.32. The van der Waals surface area contributed by atoms with Crippen LogP contribution in [0.15, 0.2) is 41.2 Å². The van der Waals surface area contributed by atoms with Crippen LogP contribution < -0.4 is 5.32 Å². The van der Waals surface area contributed by atoms with Crippen LogP contribution in [-0.2, 0) is 6.42 Å². The van der Waals surface area contributed by atoms with Crippen LogP contribution in [0.4, 0.5) is 4.39 Å². The minimum absolute atomic E-state index is 0.264. The molecule has 2 rings (SSSR count). The van der Waals surface area contributed by atoms with Gasteiger partial charge in [-0.25, -0.2) is 4.39 Å². The molecular weight excluding hydrogens is 235 g/mol. The third kappa shape index (κ3) is 3.41. The van der Waals surface area contributed by atoms with Gasteiger partial charge >= 0.3 is 0 Å². The third-order valence-corrected chi connectivity index (χ3v) is 2.50. The van der Waals surface area contributed by atoms with Gasteiger partial charge in [0.2, 0.25) is 0 Å². The predicted molar refractivity (Wildman–Crippen MR) is 63.6 cm³/mol. The highest BCUT2D eigenvalue weighted by atomic mass is 19.1. The molecular formula is C13H13FN2O2. The van der Waals surface area contributed by atoms with Gasteiger partial charge in [0.05, 0.1) is 6.20 Å². The van der Waals surface area contributed by atoms with E-state index in [1.54, 1.807) is 18.5 Å². The van der Waals surface area contributed by atoms with Crippen LogP contribution in [-0.4, -0.2) is 17.6 Å². The molecule has 1 N–H and O–H groups in total. The Labute approximate surface area is 104 Å². The first-order chi connectivity index (χ1) is 8.75. The fourth-order valence-electron chi connectivity index (χ4n) is 1.58. The second kappa shape index (κ2) is 5.95. The number of hydrogen-bond acceptors (Lipinski definition) is 3. The molecule has 0 unspecified atom stereocenters. The Kier molecular flexibility index (Phi) is 4.06. The molecule has 0 spiro atoms. The lowest BCUT2D eigenvalue weighted by Gasteiger charge is -2.04. The molecule has 0 aliphatic heterocycles. The molecule has 1 aromatic heterocycles. The fraction of sp³-hybridized carbons (Fsp3) is 0.231. The average molecular weight is 248 g/mol. The summed E-state index contributed by atoms with van der Waals surface area (Å²) in [6, 6.07) is 5.62. The summed E-state index contributed by atoms with van der Waals surface area (Å²) in [5.74, 6) is -0.674. The third-order valence-electron chi connectivity index (χ3n) is 2.50. The van der Waals surface area contributed by atoms with Gasteiger partial charge in [0.15, 0.2) is 0 Å². The smallest absolute Gasteiger partial charge is 0.251 e. The number of nitrogens with one attached hydrogen (secondary N) is 1. The number of aromatic nitrogens is 1. The Balaban J connectivity index is 1.75. The van der Waals surface area contributed by atoms with Crippen molar-refractivity contribution in [2.45, 2.75) is 12.8 Å². The van der Waals surface area contributed by atoms with Crippen molar-refractivity contribution in [2.24, 2.45) is 0 Å². The van der Waals surface area contributed by atoms with Gasteiger partial charge in [-0.15, -0.1) is 0 Å². The number of carbonyl (C=O) groups is 1. The van der Waals surface area contributed by atoms with Gasteiger partial charge < -0.3 is 9.84 Å². The van der Waals surface area contributed by atoms with E-state index in [9.17, 15) is 9.18 Å². The molecule has 0 bridgehead atoms. The number of carbonyl (C=O) groups excluding carboxylic acids is 1. The first-order valence-corrected chi connectivity index (χ1v) is 5.68. The molecule has 18 heavy (non-hydrogen) atoms. The zero-order valence-corrected chi connectivity index (χ0v) is 9.73. The second-order valence-electron chi connectivity index (χ2n) is 3.90. The average Bonchev–Trinajstić information content (AvgIpc) is 2.87. The van der Waals surface area contributed by atoms with E-state index in [0.717, 1.165) is 18.4 Å². The minimum Gasteiger partial charge on any atom is -0.364 e. The van der Waals surface area contributed by atoms with E-state index in [1.807, 2.05) is 0 Å². The maximum absolute atomic E-state index is 12.9. The van der Waals surface area contributed by atoms with Crippen LogP contribution in [0.5, 0.6) is 0 Å². The topological polar surface area (TPSA) is 55.1 Å². The Morgan fingerprint density at radius 2 is 2.33 bits per heavy atom. The fourth-order valence-corrected chi connectivity index (χ4v) is 1.58. The highest BCUT2D eigenvalue weighted by molar-refractivity contribution is 5.94. The van der Waals surface area contributed by atoms with Crippen LogP contribution in [0.2, 0.25) is 0 Å². The monoisotopic (exact) mass is 248 g/mol. The van der Waals surface area contributed by atoms with Crippen LogP contribution >= 0.6 is 0 Å². The molecule has 2 aromatic rings. The number of hydrogen-bond donors (Lipinski definition) is 1. The van der Waals surface area contributed by atoms with Gasteiger partial charge in [-0.05, 0) is 31.0 Å². The quantitative estimate of drug-likeness (QED) is 0.825. The number of rotatable bonds is 5. The summed E-state index contributed by atoms with van der Waals surface area (Å²) < 4.78 is 17.6. The molecule has 1 aromatic carbocycles. The van der Waals surface area contributed by atoms with Gasteiger partial charge in [-0.2, -0.15) is 0 Å². The molecule has 0 aliphatic carbocycles. The summed E-state index contributed by atoms with van der Waals surface area (Å²) >= 11 is 0. The van der Waals surface area contributed by atoms with E-state index >= 15 is 0 Å². The van der Waals surface area contributed by atoms with Crippen molar-refractivity contribution in [1.82, 2.24) is 10.5 Å². The molecule has 0 fully saturated rings. The molecule has 94 valence electrons. The Bertz CT molecular complexity index is 511. The van der Waals surface area contributed by atoms with Gasteiger partial charge in [-0.3, -0.25) is 4.79 Å². The van der Waals surface area contributed by atoms with E-state index < -0.39 is 5.82 Å². The van der Waals surface area contributed by atoms with Crippen molar-refractivity contribution in [3.05, 3.63) is 53.7 Å². The largest absolute Gasteiger partial charge is 0.364 e. The first kappa shape index (κ1) is 12.3. The molecule has 0 atom stereocenters. The van der Waals surface area contributed by atoms with Crippen LogP contribution in [0.25, 0.3) is 0 Å². The zero-order valence-electron chi connectivity index (χ0n) is 9.73. The van der Waals surface area contributed by atoms with E-state index in [1.165, 1.54) is 18.2 Å². The Morgan fingerprint density at radius 3 is 3.06 bits per heavy atom. The lowest BCUT2D eigenvalue weighted by atomic mass is 10.2. The van der Waals surface area contributed by atoms with Crippen molar-refractivity contribution in [3.63, 3.8) is 0 Å². The van der Waals surface area contributed by atoms with Crippen LogP contribution in [0.1, 0.15) is 22.3 Å². The Hall–Kier alpha value is -2.17. The molecule has 4 nitrogen and oxygen atoms in total. The number of halogens is 1. The maximum atomic E-state index is 12.9. The second-order valence-corrected chi connectivity index (χ2v) is 3.90. The zero-order chi connectivity index (χ0) is 12.8. The van der Waals surface area contributed by atoms with Crippen LogP contribution in [0.3, 0.4) is 0 Å². The van der Waals surface area contributed by atoms with E-state index in [4.69, 9.17) is 4.52 Å². The van der Waals surface area contributed by atoms with Crippen molar-refractivity contribution < 1.29 is 13.7 Å². The molecule has 1 amide bonds. The summed E-state index contributed by atoms with van der Waals surface area (Å²) in [7, 11) is 0. The van der Waals surface area contributed by atoms with Crippen molar-refractivity contribution in [3.8, 4) is 0 Å². The first-order valence-electron chi connectivity index (χ1n) is 5.68. The Morgan fingerprint density at radius 1 is 1.44 bits per heavy atom. The molecule has 0 saturated heterocycles. The van der Waals surface area contributed by atoms with Crippen molar-refractivity contribution in [1.29, 1.82) is 0 Å². The predicted octanol–water partition coefficient (Wildman–Crippen LogP) is 2.18. The summed E-state index contributed by atoms with van der Waals surface area (Å²) in [5.41, 5.74) is 1.33. The molecule has 1 heterocycles. The van der Waals surface area contributed by atoms with Crippen LogP contribution in [0, 0.1) is 5.82 Å². The van der Waals surface area contributed by atoms with Gasteiger partial charge in [0.1, 0.15) is 12.1 Å². The number of nitrogens with zero attached hydrogens (tertiary/aromatic N) is 1. The maximum Gasteiger partial charge on any atom is 0.251 e. The summed E-state index contributed by atoms with van der Waals surface area (Å²) in [6.07, 6.45) is 4.79. The van der Waals surface area contributed by atoms with Gasteiger partial charge in [-0.1, -0.05) is 11.2 Å².